The first-order chi connectivity index (χ1) is 7.16. The number of hydrogen-bond acceptors (Lipinski definition) is 3. The van der Waals surface area contributed by atoms with Crippen molar-refractivity contribution in [2.45, 2.75) is 50.9 Å². The Balaban J connectivity index is 1.89. The summed E-state index contributed by atoms with van der Waals surface area (Å²) >= 11 is 0. The lowest BCUT2D eigenvalue weighted by atomic mass is 10.1. The first-order valence-electron chi connectivity index (χ1n) is 5.79. The van der Waals surface area contributed by atoms with Gasteiger partial charge in [-0.15, -0.1) is 0 Å². The molecule has 1 N–H and O–H groups in total. The second kappa shape index (κ2) is 4.49. The smallest absolute Gasteiger partial charge is 0.251 e. The van der Waals surface area contributed by atoms with Crippen LogP contribution in [0, 0.1) is 0 Å². The van der Waals surface area contributed by atoms with Crippen molar-refractivity contribution in [3.8, 4) is 0 Å². The van der Waals surface area contributed by atoms with Gasteiger partial charge in [-0.1, -0.05) is 0 Å². The molecular formula is C11H19NO3. The van der Waals surface area contributed by atoms with Crippen LogP contribution in [0.1, 0.15) is 32.6 Å². The maximum atomic E-state index is 12.0. The topological polar surface area (TPSA) is 49.8 Å². The van der Waals surface area contributed by atoms with Gasteiger partial charge in [0.25, 0.3) is 5.91 Å². The van der Waals surface area contributed by atoms with Crippen LogP contribution < -0.4 is 0 Å². The molecule has 0 radical (unpaired) electrons. The lowest BCUT2D eigenvalue weighted by Crippen LogP contribution is -2.46. The molecule has 4 heteroatoms. The quantitative estimate of drug-likeness (QED) is 0.691. The number of likely N-dealkylation sites (tertiary alicyclic amines) is 1. The molecule has 4 nitrogen and oxygen atoms in total. The molecule has 0 bridgehead atoms. The first kappa shape index (κ1) is 10.9. The average Bonchev–Trinajstić information content (AvgIpc) is 2.64. The molecule has 0 saturated carbocycles. The molecule has 2 heterocycles. The predicted octanol–water partition coefficient (Wildman–Crippen LogP) is 0.537. The van der Waals surface area contributed by atoms with E-state index in [2.05, 4.69) is 0 Å². The zero-order chi connectivity index (χ0) is 10.8. The molecular weight excluding hydrogens is 194 g/mol. The fourth-order valence-corrected chi connectivity index (χ4v) is 2.34. The van der Waals surface area contributed by atoms with Crippen LogP contribution in [0.5, 0.6) is 0 Å². The third kappa shape index (κ3) is 2.49. The average molecular weight is 213 g/mol. The highest BCUT2D eigenvalue weighted by molar-refractivity contribution is 5.81. The van der Waals surface area contributed by atoms with Gasteiger partial charge in [-0.3, -0.25) is 4.79 Å². The molecule has 2 unspecified atom stereocenters. The van der Waals surface area contributed by atoms with Crippen LogP contribution in [-0.2, 0) is 9.53 Å². The van der Waals surface area contributed by atoms with Gasteiger partial charge in [0.15, 0.2) is 0 Å². The minimum absolute atomic E-state index is 0.0677. The number of ether oxygens (including phenoxy) is 1. The third-order valence-electron chi connectivity index (χ3n) is 3.22. The van der Waals surface area contributed by atoms with Crippen LogP contribution in [0.4, 0.5) is 0 Å². The van der Waals surface area contributed by atoms with Gasteiger partial charge in [0, 0.05) is 13.1 Å². The number of hydrogen-bond donors (Lipinski definition) is 1. The van der Waals surface area contributed by atoms with Crippen molar-refractivity contribution in [1.82, 2.24) is 4.90 Å². The van der Waals surface area contributed by atoms with Crippen LogP contribution in [-0.4, -0.2) is 47.3 Å². The van der Waals surface area contributed by atoms with Gasteiger partial charge in [0.2, 0.25) is 0 Å². The fourth-order valence-electron chi connectivity index (χ4n) is 2.34. The molecule has 0 aliphatic carbocycles. The molecule has 0 aromatic carbocycles. The Bertz CT molecular complexity index is 244. The first-order valence-corrected chi connectivity index (χ1v) is 5.79. The summed E-state index contributed by atoms with van der Waals surface area (Å²) in [5.41, 5.74) is 0. The zero-order valence-electron chi connectivity index (χ0n) is 9.19. The van der Waals surface area contributed by atoms with Gasteiger partial charge >= 0.3 is 0 Å². The highest BCUT2D eigenvalue weighted by atomic mass is 16.5. The number of aliphatic hydroxyl groups excluding tert-OH is 1. The van der Waals surface area contributed by atoms with Crippen LogP contribution >= 0.6 is 0 Å². The van der Waals surface area contributed by atoms with E-state index < -0.39 is 0 Å². The standard InChI is InChI=1S/C11H19NO3/c1-8-4-5-10(15-8)11(14)12-6-2-3-9(13)7-12/h8-10,13H,2-7H2,1H3/t8?,9-,10?/m0/s1. The summed E-state index contributed by atoms with van der Waals surface area (Å²) < 4.78 is 5.54. The van der Waals surface area contributed by atoms with Crippen LogP contribution in [0.15, 0.2) is 0 Å². The van der Waals surface area contributed by atoms with E-state index in [1.54, 1.807) is 4.90 Å². The van der Waals surface area contributed by atoms with Crippen molar-refractivity contribution in [3.05, 3.63) is 0 Å². The number of carbonyl (C=O) groups excluding carboxylic acids is 1. The number of β-amino-alcohol motifs (C(OH)–C–C–N with tert-alkyl or cyclic N) is 1. The van der Waals surface area contributed by atoms with E-state index in [9.17, 15) is 9.90 Å². The number of nitrogens with zero attached hydrogens (tertiary/aromatic N) is 1. The van der Waals surface area contributed by atoms with E-state index in [4.69, 9.17) is 4.74 Å². The summed E-state index contributed by atoms with van der Waals surface area (Å²) in [6, 6.07) is 0. The molecule has 2 aliphatic rings. The Hall–Kier alpha value is -0.610. The van der Waals surface area contributed by atoms with Gasteiger partial charge in [0.1, 0.15) is 6.10 Å². The fraction of sp³-hybridized carbons (Fsp3) is 0.909. The number of carbonyl (C=O) groups is 1. The highest BCUT2D eigenvalue weighted by Gasteiger charge is 2.33. The van der Waals surface area contributed by atoms with Crippen molar-refractivity contribution < 1.29 is 14.6 Å². The van der Waals surface area contributed by atoms with Crippen LogP contribution in [0.3, 0.4) is 0 Å². The van der Waals surface area contributed by atoms with E-state index in [0.717, 1.165) is 32.2 Å². The van der Waals surface area contributed by atoms with Gasteiger partial charge in [-0.05, 0) is 32.6 Å². The van der Waals surface area contributed by atoms with Gasteiger partial charge < -0.3 is 14.7 Å². The lowest BCUT2D eigenvalue weighted by Gasteiger charge is -2.31. The SMILES string of the molecule is CC1CCC(C(=O)N2CCC[C@H](O)C2)O1. The maximum Gasteiger partial charge on any atom is 0.251 e. The van der Waals surface area contributed by atoms with E-state index in [-0.39, 0.29) is 24.2 Å². The molecule has 0 aromatic heterocycles. The monoisotopic (exact) mass is 213 g/mol. The summed E-state index contributed by atoms with van der Waals surface area (Å²) in [7, 11) is 0. The second-order valence-corrected chi connectivity index (χ2v) is 4.59. The van der Waals surface area contributed by atoms with Gasteiger partial charge in [-0.2, -0.15) is 0 Å². The highest BCUT2D eigenvalue weighted by Crippen LogP contribution is 2.22. The Kier molecular flexibility index (Phi) is 3.26. The molecule has 1 amide bonds. The summed E-state index contributed by atoms with van der Waals surface area (Å²) in [5.74, 6) is 0.0677. The maximum absolute atomic E-state index is 12.0. The molecule has 86 valence electrons. The predicted molar refractivity (Wildman–Crippen MR) is 55.4 cm³/mol. The summed E-state index contributed by atoms with van der Waals surface area (Å²) in [4.78, 5) is 13.7. The lowest BCUT2D eigenvalue weighted by molar-refractivity contribution is -0.145. The number of rotatable bonds is 1. The zero-order valence-corrected chi connectivity index (χ0v) is 9.19. The molecule has 2 fully saturated rings. The Labute approximate surface area is 90.2 Å². The molecule has 3 atom stereocenters. The van der Waals surface area contributed by atoms with Crippen molar-refractivity contribution >= 4 is 5.91 Å². The van der Waals surface area contributed by atoms with Crippen LogP contribution in [0.2, 0.25) is 0 Å². The van der Waals surface area contributed by atoms with E-state index in [0.29, 0.717) is 6.54 Å². The van der Waals surface area contributed by atoms with E-state index in [1.807, 2.05) is 6.92 Å². The van der Waals surface area contributed by atoms with Crippen molar-refractivity contribution in [3.63, 3.8) is 0 Å². The van der Waals surface area contributed by atoms with E-state index >= 15 is 0 Å². The van der Waals surface area contributed by atoms with Crippen molar-refractivity contribution in [2.24, 2.45) is 0 Å². The molecule has 0 aromatic rings. The minimum atomic E-state index is -0.346. The minimum Gasteiger partial charge on any atom is -0.391 e. The Morgan fingerprint density at radius 2 is 2.20 bits per heavy atom. The van der Waals surface area contributed by atoms with Gasteiger partial charge in [0.05, 0.1) is 12.2 Å². The molecule has 0 spiro atoms. The number of piperidine rings is 1. The van der Waals surface area contributed by atoms with Crippen LogP contribution in [0.25, 0.3) is 0 Å². The molecule has 2 rings (SSSR count). The Morgan fingerprint density at radius 1 is 1.40 bits per heavy atom. The summed E-state index contributed by atoms with van der Waals surface area (Å²) in [6.07, 6.45) is 3.10. The number of amides is 1. The summed E-state index contributed by atoms with van der Waals surface area (Å²) in [5, 5.41) is 9.49. The number of aliphatic hydroxyl groups is 1. The molecule has 15 heavy (non-hydrogen) atoms. The molecule has 2 aliphatic heterocycles. The summed E-state index contributed by atoms with van der Waals surface area (Å²) in [6.45, 7) is 3.25. The van der Waals surface area contributed by atoms with E-state index in [1.165, 1.54) is 0 Å². The van der Waals surface area contributed by atoms with Crippen molar-refractivity contribution in [2.75, 3.05) is 13.1 Å². The normalized spacial score (nSPS) is 36.9. The Morgan fingerprint density at radius 3 is 2.80 bits per heavy atom. The van der Waals surface area contributed by atoms with Gasteiger partial charge in [-0.25, -0.2) is 0 Å². The van der Waals surface area contributed by atoms with Crippen molar-refractivity contribution in [1.29, 1.82) is 0 Å². The third-order valence-corrected chi connectivity index (χ3v) is 3.22. The second-order valence-electron chi connectivity index (χ2n) is 4.59. The largest absolute Gasteiger partial charge is 0.391 e. The molecule has 2 saturated heterocycles.